The molecule has 1 saturated heterocycles. The zero-order chi connectivity index (χ0) is 21.9. The smallest absolute Gasteiger partial charge is 0.191 e. The number of hydrogen-bond acceptors (Lipinski definition) is 5. The molecule has 0 aliphatic carbocycles. The van der Waals surface area contributed by atoms with Gasteiger partial charge in [-0.25, -0.2) is 0 Å². The van der Waals surface area contributed by atoms with E-state index in [0.29, 0.717) is 25.8 Å². The maximum Gasteiger partial charge on any atom is 0.191 e. The number of methoxy groups -OCH3 is 2. The van der Waals surface area contributed by atoms with Gasteiger partial charge in [0, 0.05) is 45.0 Å². The molecule has 3 rings (SSSR count). The molecule has 0 amide bonds. The second-order valence-corrected chi connectivity index (χ2v) is 7.40. The van der Waals surface area contributed by atoms with Gasteiger partial charge in [-0.05, 0) is 36.1 Å². The first kappa shape index (κ1) is 26.2. The van der Waals surface area contributed by atoms with E-state index >= 15 is 0 Å². The van der Waals surface area contributed by atoms with E-state index in [1.165, 1.54) is 11.1 Å². The molecule has 0 unspecified atom stereocenters. The Labute approximate surface area is 207 Å². The van der Waals surface area contributed by atoms with E-state index in [9.17, 15) is 0 Å². The third kappa shape index (κ3) is 8.14. The Hall–Kier alpha value is -2.04. The van der Waals surface area contributed by atoms with E-state index in [2.05, 4.69) is 39.9 Å². The summed E-state index contributed by atoms with van der Waals surface area (Å²) in [6.45, 7) is 3.48. The van der Waals surface area contributed by atoms with Gasteiger partial charge in [-0.15, -0.1) is 24.0 Å². The standard InChI is InChI=1S/C24H33N3O4.HI/c1-25-24(27-16-20-7-8-22(28-2)14-23(20)29-3)26-15-18-5-4-6-19(13-18)17-31-21-9-11-30-12-10-21;/h4-8,13-14,21H,9-12,15-17H2,1-3H3,(H2,25,26,27);1H. The normalized spacial score (nSPS) is 14.4. The second kappa shape index (κ2) is 14.2. The molecule has 0 radical (unpaired) electrons. The zero-order valence-corrected chi connectivity index (χ0v) is 21.4. The highest BCUT2D eigenvalue weighted by Gasteiger charge is 2.14. The molecule has 176 valence electrons. The number of nitrogens with zero attached hydrogens (tertiary/aromatic N) is 1. The molecule has 0 atom stereocenters. The van der Waals surface area contributed by atoms with Crippen molar-refractivity contribution in [3.63, 3.8) is 0 Å². The molecule has 32 heavy (non-hydrogen) atoms. The Kier molecular flexibility index (Phi) is 11.6. The fourth-order valence-corrected chi connectivity index (χ4v) is 3.47. The van der Waals surface area contributed by atoms with Crippen LogP contribution in [0.5, 0.6) is 11.5 Å². The minimum atomic E-state index is 0. The van der Waals surface area contributed by atoms with Crippen LogP contribution in [-0.2, 0) is 29.2 Å². The largest absolute Gasteiger partial charge is 0.497 e. The Balaban J connectivity index is 0.00000363. The second-order valence-electron chi connectivity index (χ2n) is 7.40. The molecule has 1 heterocycles. The summed E-state index contributed by atoms with van der Waals surface area (Å²) >= 11 is 0. The molecule has 2 aromatic carbocycles. The molecular weight excluding hydrogens is 521 g/mol. The average molecular weight is 555 g/mol. The van der Waals surface area contributed by atoms with Crippen LogP contribution in [0.25, 0.3) is 0 Å². The van der Waals surface area contributed by atoms with Crippen LogP contribution in [0, 0.1) is 0 Å². The topological polar surface area (TPSA) is 73.3 Å². The predicted octanol–water partition coefficient (Wildman–Crippen LogP) is 3.88. The summed E-state index contributed by atoms with van der Waals surface area (Å²) in [5.41, 5.74) is 3.38. The molecule has 0 aromatic heterocycles. The predicted molar refractivity (Wildman–Crippen MR) is 137 cm³/mol. The molecule has 1 aliphatic heterocycles. The maximum absolute atomic E-state index is 6.04. The summed E-state index contributed by atoms with van der Waals surface area (Å²) in [6, 6.07) is 14.2. The van der Waals surface area contributed by atoms with Gasteiger partial charge in [-0.2, -0.15) is 0 Å². The highest BCUT2D eigenvalue weighted by molar-refractivity contribution is 14.0. The van der Waals surface area contributed by atoms with Crippen LogP contribution in [0.15, 0.2) is 47.5 Å². The summed E-state index contributed by atoms with van der Waals surface area (Å²) in [6.07, 6.45) is 2.25. The lowest BCUT2D eigenvalue weighted by molar-refractivity contribution is -0.0390. The lowest BCUT2D eigenvalue weighted by Crippen LogP contribution is -2.36. The molecule has 2 aromatic rings. The third-order valence-corrected chi connectivity index (χ3v) is 5.27. The summed E-state index contributed by atoms with van der Waals surface area (Å²) in [5, 5.41) is 6.70. The van der Waals surface area contributed by atoms with Crippen molar-refractivity contribution in [3.8, 4) is 11.5 Å². The van der Waals surface area contributed by atoms with E-state index in [0.717, 1.165) is 49.1 Å². The minimum absolute atomic E-state index is 0. The fraction of sp³-hybridized carbons (Fsp3) is 0.458. The summed E-state index contributed by atoms with van der Waals surface area (Å²) < 4.78 is 22.1. The van der Waals surface area contributed by atoms with E-state index in [-0.39, 0.29) is 24.0 Å². The van der Waals surface area contributed by atoms with Crippen LogP contribution >= 0.6 is 24.0 Å². The number of halogens is 1. The Bertz CT molecular complexity index is 857. The van der Waals surface area contributed by atoms with Crippen molar-refractivity contribution in [1.29, 1.82) is 0 Å². The van der Waals surface area contributed by atoms with Gasteiger partial charge < -0.3 is 29.6 Å². The van der Waals surface area contributed by atoms with Crippen molar-refractivity contribution < 1.29 is 18.9 Å². The van der Waals surface area contributed by atoms with Gasteiger partial charge in [0.2, 0.25) is 0 Å². The molecule has 0 bridgehead atoms. The molecule has 0 spiro atoms. The quantitative estimate of drug-likeness (QED) is 0.278. The van der Waals surface area contributed by atoms with Gasteiger partial charge in [0.15, 0.2) is 5.96 Å². The molecule has 2 N–H and O–H groups in total. The Morgan fingerprint density at radius 2 is 1.75 bits per heavy atom. The minimum Gasteiger partial charge on any atom is -0.497 e. The number of hydrogen-bond donors (Lipinski definition) is 2. The lowest BCUT2D eigenvalue weighted by atomic mass is 10.1. The van der Waals surface area contributed by atoms with Crippen LogP contribution in [0.2, 0.25) is 0 Å². The number of rotatable bonds is 9. The van der Waals surface area contributed by atoms with E-state index in [4.69, 9.17) is 18.9 Å². The number of aliphatic imine (C=N–C) groups is 1. The average Bonchev–Trinajstić information content (AvgIpc) is 2.83. The van der Waals surface area contributed by atoms with E-state index < -0.39 is 0 Å². The van der Waals surface area contributed by atoms with Crippen LogP contribution in [0.4, 0.5) is 0 Å². The van der Waals surface area contributed by atoms with Gasteiger partial charge in [0.05, 0.1) is 26.9 Å². The molecule has 8 heteroatoms. The van der Waals surface area contributed by atoms with Crippen molar-refractivity contribution in [3.05, 3.63) is 59.2 Å². The molecule has 0 saturated carbocycles. The van der Waals surface area contributed by atoms with Crippen molar-refractivity contribution in [2.24, 2.45) is 4.99 Å². The number of benzene rings is 2. The van der Waals surface area contributed by atoms with Crippen LogP contribution in [-0.4, -0.2) is 46.5 Å². The summed E-state index contributed by atoms with van der Waals surface area (Å²) in [5.74, 6) is 2.27. The Morgan fingerprint density at radius 3 is 2.47 bits per heavy atom. The maximum atomic E-state index is 6.04. The van der Waals surface area contributed by atoms with Crippen molar-refractivity contribution >= 4 is 29.9 Å². The van der Waals surface area contributed by atoms with Crippen LogP contribution in [0.1, 0.15) is 29.5 Å². The van der Waals surface area contributed by atoms with E-state index in [1.54, 1.807) is 21.3 Å². The number of guanidine groups is 1. The van der Waals surface area contributed by atoms with Gasteiger partial charge >= 0.3 is 0 Å². The van der Waals surface area contributed by atoms with Gasteiger partial charge in [-0.3, -0.25) is 4.99 Å². The number of ether oxygens (including phenoxy) is 4. The van der Waals surface area contributed by atoms with Crippen LogP contribution < -0.4 is 20.1 Å². The third-order valence-electron chi connectivity index (χ3n) is 5.27. The van der Waals surface area contributed by atoms with Crippen molar-refractivity contribution in [2.75, 3.05) is 34.5 Å². The summed E-state index contributed by atoms with van der Waals surface area (Å²) in [4.78, 5) is 4.32. The molecule has 7 nitrogen and oxygen atoms in total. The summed E-state index contributed by atoms with van der Waals surface area (Å²) in [7, 11) is 5.06. The van der Waals surface area contributed by atoms with Crippen molar-refractivity contribution in [2.45, 2.75) is 38.6 Å². The first-order chi connectivity index (χ1) is 15.2. The highest BCUT2D eigenvalue weighted by Crippen LogP contribution is 2.24. The van der Waals surface area contributed by atoms with Crippen LogP contribution in [0.3, 0.4) is 0 Å². The Morgan fingerprint density at radius 1 is 1.00 bits per heavy atom. The SMILES string of the molecule is CN=C(NCc1cccc(COC2CCOCC2)c1)NCc1ccc(OC)cc1OC.I. The first-order valence-electron chi connectivity index (χ1n) is 10.6. The monoisotopic (exact) mass is 555 g/mol. The number of nitrogens with one attached hydrogen (secondary N) is 2. The molecule has 1 aliphatic rings. The molecular formula is C24H34IN3O4. The van der Waals surface area contributed by atoms with Gasteiger partial charge in [-0.1, -0.05) is 24.3 Å². The zero-order valence-electron chi connectivity index (χ0n) is 19.1. The molecule has 1 fully saturated rings. The first-order valence-corrected chi connectivity index (χ1v) is 10.6. The van der Waals surface area contributed by atoms with Crippen molar-refractivity contribution in [1.82, 2.24) is 10.6 Å². The van der Waals surface area contributed by atoms with E-state index in [1.807, 2.05) is 18.2 Å². The highest BCUT2D eigenvalue weighted by atomic mass is 127. The lowest BCUT2D eigenvalue weighted by Gasteiger charge is -2.22. The van der Waals surface area contributed by atoms with Gasteiger partial charge in [0.25, 0.3) is 0 Å². The van der Waals surface area contributed by atoms with Gasteiger partial charge in [0.1, 0.15) is 11.5 Å². The fourth-order valence-electron chi connectivity index (χ4n) is 3.47.